The molecule has 1 saturated carbocycles. The van der Waals surface area contributed by atoms with Gasteiger partial charge in [0.15, 0.2) is 11.5 Å². The van der Waals surface area contributed by atoms with Crippen LogP contribution in [0, 0.1) is 0 Å². The number of methoxy groups -OCH3 is 3. The molecule has 0 saturated heterocycles. The average molecular weight is 343 g/mol. The SMILES string of the molecule is COc1cc(NC(=O)c2cc(NC3CC3)ccn2)cc(OC)c1OC. The van der Waals surface area contributed by atoms with Crippen molar-refractivity contribution in [3.05, 3.63) is 36.2 Å². The molecule has 0 atom stereocenters. The largest absolute Gasteiger partial charge is 0.493 e. The molecule has 0 unspecified atom stereocenters. The molecule has 0 bridgehead atoms. The smallest absolute Gasteiger partial charge is 0.274 e. The first-order valence-corrected chi connectivity index (χ1v) is 7.98. The summed E-state index contributed by atoms with van der Waals surface area (Å²) in [5.74, 6) is 1.09. The summed E-state index contributed by atoms with van der Waals surface area (Å²) in [6.07, 6.45) is 3.94. The summed E-state index contributed by atoms with van der Waals surface area (Å²) >= 11 is 0. The zero-order valence-corrected chi connectivity index (χ0v) is 14.5. The fraction of sp³-hybridized carbons (Fsp3) is 0.333. The molecule has 2 N–H and O–H groups in total. The molecule has 3 rings (SSSR count). The number of hydrogen-bond acceptors (Lipinski definition) is 6. The van der Waals surface area contributed by atoms with Gasteiger partial charge in [-0.25, -0.2) is 0 Å². The zero-order valence-electron chi connectivity index (χ0n) is 14.5. The van der Waals surface area contributed by atoms with E-state index in [1.807, 2.05) is 6.07 Å². The van der Waals surface area contributed by atoms with E-state index in [0.717, 1.165) is 18.5 Å². The van der Waals surface area contributed by atoms with Crippen LogP contribution >= 0.6 is 0 Å². The van der Waals surface area contributed by atoms with Crippen LogP contribution in [0.4, 0.5) is 11.4 Å². The second-order valence-electron chi connectivity index (χ2n) is 5.72. The molecule has 7 heteroatoms. The van der Waals surface area contributed by atoms with Crippen molar-refractivity contribution in [3.63, 3.8) is 0 Å². The second kappa shape index (κ2) is 7.29. The van der Waals surface area contributed by atoms with Crippen molar-refractivity contribution in [1.82, 2.24) is 4.98 Å². The Hall–Kier alpha value is -2.96. The number of rotatable bonds is 7. The minimum Gasteiger partial charge on any atom is -0.493 e. The van der Waals surface area contributed by atoms with Gasteiger partial charge in [0, 0.05) is 35.7 Å². The first kappa shape index (κ1) is 16.9. The predicted octanol–water partition coefficient (Wildman–Crippen LogP) is 2.93. The molecule has 7 nitrogen and oxygen atoms in total. The Morgan fingerprint density at radius 2 is 1.72 bits per heavy atom. The van der Waals surface area contributed by atoms with Crippen LogP contribution in [0.5, 0.6) is 17.2 Å². The fourth-order valence-electron chi connectivity index (χ4n) is 2.46. The van der Waals surface area contributed by atoms with Crippen LogP contribution in [0.3, 0.4) is 0 Å². The molecule has 1 aliphatic rings. The summed E-state index contributed by atoms with van der Waals surface area (Å²) in [5.41, 5.74) is 1.76. The van der Waals surface area contributed by atoms with Gasteiger partial charge in [0.05, 0.1) is 21.3 Å². The van der Waals surface area contributed by atoms with Gasteiger partial charge in [0.2, 0.25) is 5.75 Å². The van der Waals surface area contributed by atoms with Crippen molar-refractivity contribution >= 4 is 17.3 Å². The number of anilines is 2. The van der Waals surface area contributed by atoms with Crippen molar-refractivity contribution in [2.24, 2.45) is 0 Å². The lowest BCUT2D eigenvalue weighted by atomic mass is 10.2. The van der Waals surface area contributed by atoms with E-state index in [9.17, 15) is 4.79 Å². The van der Waals surface area contributed by atoms with Crippen molar-refractivity contribution in [1.29, 1.82) is 0 Å². The van der Waals surface area contributed by atoms with Crippen LogP contribution in [-0.2, 0) is 0 Å². The van der Waals surface area contributed by atoms with Gasteiger partial charge in [-0.05, 0) is 25.0 Å². The van der Waals surface area contributed by atoms with Gasteiger partial charge in [0.25, 0.3) is 5.91 Å². The number of aromatic nitrogens is 1. The Balaban J connectivity index is 1.80. The Kier molecular flexibility index (Phi) is 4.92. The number of carbonyl (C=O) groups is 1. The molecule has 1 amide bonds. The van der Waals surface area contributed by atoms with Crippen LogP contribution in [0.15, 0.2) is 30.5 Å². The summed E-state index contributed by atoms with van der Waals surface area (Å²) in [7, 11) is 4.58. The van der Waals surface area contributed by atoms with Gasteiger partial charge in [-0.3, -0.25) is 9.78 Å². The monoisotopic (exact) mass is 343 g/mol. The zero-order chi connectivity index (χ0) is 17.8. The summed E-state index contributed by atoms with van der Waals surface area (Å²) < 4.78 is 15.9. The highest BCUT2D eigenvalue weighted by atomic mass is 16.5. The van der Waals surface area contributed by atoms with Crippen LogP contribution < -0.4 is 24.8 Å². The molecule has 1 aromatic carbocycles. The predicted molar refractivity (Wildman–Crippen MR) is 94.9 cm³/mol. The summed E-state index contributed by atoms with van der Waals surface area (Å²) in [6, 6.07) is 7.45. The minimum absolute atomic E-state index is 0.311. The van der Waals surface area contributed by atoms with Crippen molar-refractivity contribution in [2.75, 3.05) is 32.0 Å². The van der Waals surface area contributed by atoms with Crippen molar-refractivity contribution < 1.29 is 19.0 Å². The Labute approximate surface area is 146 Å². The average Bonchev–Trinajstić information content (AvgIpc) is 3.44. The molecule has 1 fully saturated rings. The van der Waals surface area contributed by atoms with E-state index in [4.69, 9.17) is 14.2 Å². The van der Waals surface area contributed by atoms with E-state index in [1.54, 1.807) is 24.4 Å². The normalized spacial score (nSPS) is 13.1. The molecular formula is C18H21N3O4. The molecule has 2 aromatic rings. The number of benzene rings is 1. The van der Waals surface area contributed by atoms with E-state index >= 15 is 0 Å². The number of hydrogen-bond donors (Lipinski definition) is 2. The number of nitrogens with one attached hydrogen (secondary N) is 2. The number of amides is 1. The Bertz CT molecular complexity index is 750. The Morgan fingerprint density at radius 1 is 1.04 bits per heavy atom. The lowest BCUT2D eigenvalue weighted by molar-refractivity contribution is 0.102. The number of ether oxygens (including phenoxy) is 3. The van der Waals surface area contributed by atoms with Gasteiger partial charge < -0.3 is 24.8 Å². The van der Waals surface area contributed by atoms with Gasteiger partial charge in [-0.1, -0.05) is 0 Å². The summed E-state index contributed by atoms with van der Waals surface area (Å²) in [4.78, 5) is 16.7. The molecule has 0 spiro atoms. The topological polar surface area (TPSA) is 81.7 Å². The molecule has 1 aliphatic carbocycles. The van der Waals surface area contributed by atoms with E-state index in [1.165, 1.54) is 21.3 Å². The molecule has 132 valence electrons. The maximum atomic E-state index is 12.5. The third kappa shape index (κ3) is 3.93. The maximum Gasteiger partial charge on any atom is 0.274 e. The lowest BCUT2D eigenvalue weighted by Gasteiger charge is -2.14. The maximum absolute atomic E-state index is 12.5. The summed E-state index contributed by atoms with van der Waals surface area (Å²) in [6.45, 7) is 0. The Morgan fingerprint density at radius 3 is 2.28 bits per heavy atom. The van der Waals surface area contributed by atoms with E-state index in [2.05, 4.69) is 15.6 Å². The number of carbonyl (C=O) groups excluding carboxylic acids is 1. The van der Waals surface area contributed by atoms with E-state index in [0.29, 0.717) is 34.7 Å². The molecule has 0 radical (unpaired) electrons. The van der Waals surface area contributed by atoms with Crippen LogP contribution in [-0.4, -0.2) is 38.3 Å². The molecule has 1 heterocycles. The van der Waals surface area contributed by atoms with Gasteiger partial charge in [-0.15, -0.1) is 0 Å². The van der Waals surface area contributed by atoms with Gasteiger partial charge in [-0.2, -0.15) is 0 Å². The fourth-order valence-corrected chi connectivity index (χ4v) is 2.46. The molecule has 0 aliphatic heterocycles. The van der Waals surface area contributed by atoms with Crippen molar-refractivity contribution in [2.45, 2.75) is 18.9 Å². The quantitative estimate of drug-likeness (QED) is 0.804. The highest BCUT2D eigenvalue weighted by Gasteiger charge is 2.21. The second-order valence-corrected chi connectivity index (χ2v) is 5.72. The third-order valence-corrected chi connectivity index (χ3v) is 3.86. The third-order valence-electron chi connectivity index (χ3n) is 3.86. The first-order chi connectivity index (χ1) is 12.1. The van der Waals surface area contributed by atoms with Crippen LogP contribution in [0.2, 0.25) is 0 Å². The molecular weight excluding hydrogens is 322 g/mol. The molecule has 1 aromatic heterocycles. The number of pyridine rings is 1. The lowest BCUT2D eigenvalue weighted by Crippen LogP contribution is -2.14. The minimum atomic E-state index is -0.311. The standard InChI is InChI=1S/C18H21N3O4/c1-23-15-9-13(10-16(24-2)17(15)25-3)21-18(22)14-8-12(6-7-19-14)20-11-4-5-11/h6-11H,4-5H2,1-3H3,(H,19,20)(H,21,22). The molecule has 25 heavy (non-hydrogen) atoms. The van der Waals surface area contributed by atoms with Crippen LogP contribution in [0.1, 0.15) is 23.3 Å². The highest BCUT2D eigenvalue weighted by molar-refractivity contribution is 6.03. The highest BCUT2D eigenvalue weighted by Crippen LogP contribution is 2.40. The van der Waals surface area contributed by atoms with E-state index < -0.39 is 0 Å². The van der Waals surface area contributed by atoms with Gasteiger partial charge >= 0.3 is 0 Å². The van der Waals surface area contributed by atoms with Crippen LogP contribution in [0.25, 0.3) is 0 Å². The number of nitrogens with zero attached hydrogens (tertiary/aromatic N) is 1. The van der Waals surface area contributed by atoms with Gasteiger partial charge in [0.1, 0.15) is 5.69 Å². The van der Waals surface area contributed by atoms with E-state index in [-0.39, 0.29) is 5.91 Å². The van der Waals surface area contributed by atoms with Crippen molar-refractivity contribution in [3.8, 4) is 17.2 Å². The first-order valence-electron chi connectivity index (χ1n) is 7.98. The summed E-state index contributed by atoms with van der Waals surface area (Å²) in [5, 5.41) is 6.16.